The molecule has 2 aromatic carbocycles. The smallest absolute Gasteiger partial charge is 0.253 e. The second-order valence-electron chi connectivity index (χ2n) is 6.72. The minimum absolute atomic E-state index is 0.146. The molecule has 0 aliphatic carbocycles. The number of carbonyl (C=O) groups is 1. The number of ether oxygens (including phenoxy) is 1. The number of rotatable bonds is 5. The monoisotopic (exact) mass is 388 g/mol. The Morgan fingerprint density at radius 1 is 1.04 bits per heavy atom. The molecule has 1 saturated heterocycles. The molecule has 1 aliphatic rings. The molecule has 2 aromatic rings. The van der Waals surface area contributed by atoms with E-state index in [0.29, 0.717) is 12.1 Å². The number of hydrogen-bond donors (Lipinski definition) is 0. The first-order valence-electron chi connectivity index (χ1n) is 8.82. The van der Waals surface area contributed by atoms with Crippen LogP contribution in [0, 0.1) is 0 Å². The summed E-state index contributed by atoms with van der Waals surface area (Å²) in [6.45, 7) is 3.76. The quantitative estimate of drug-likeness (QED) is 0.786. The summed E-state index contributed by atoms with van der Waals surface area (Å²) in [6, 6.07) is 14.2. The fourth-order valence-electron chi connectivity index (χ4n) is 3.04. The zero-order chi connectivity index (χ0) is 19.4. The lowest BCUT2D eigenvalue weighted by Crippen LogP contribution is -2.36. The van der Waals surface area contributed by atoms with Crippen LogP contribution in [0.5, 0.6) is 0 Å². The minimum Gasteiger partial charge on any atom is -0.378 e. The Hall–Kier alpha value is -2.38. The van der Waals surface area contributed by atoms with Crippen molar-refractivity contribution in [3.63, 3.8) is 0 Å². The number of nitrogens with zero attached hydrogens (tertiary/aromatic N) is 2. The molecule has 0 atom stereocenters. The van der Waals surface area contributed by atoms with Crippen LogP contribution in [-0.2, 0) is 21.1 Å². The van der Waals surface area contributed by atoms with Gasteiger partial charge >= 0.3 is 0 Å². The number of morpholine rings is 1. The average molecular weight is 388 g/mol. The Balaban J connectivity index is 1.64. The number of carbonyl (C=O) groups excluding carboxylic acids is 1. The summed E-state index contributed by atoms with van der Waals surface area (Å²) >= 11 is 0. The minimum atomic E-state index is -3.26. The van der Waals surface area contributed by atoms with Gasteiger partial charge in [-0.1, -0.05) is 12.1 Å². The van der Waals surface area contributed by atoms with Crippen LogP contribution < -0.4 is 4.90 Å². The summed E-state index contributed by atoms with van der Waals surface area (Å²) in [4.78, 5) is 16.7. The third-order valence-corrected chi connectivity index (χ3v) is 5.74. The Kier molecular flexibility index (Phi) is 5.82. The van der Waals surface area contributed by atoms with Gasteiger partial charge in [-0.2, -0.15) is 0 Å². The molecule has 0 radical (unpaired) electrons. The predicted molar refractivity (Wildman–Crippen MR) is 105 cm³/mol. The third kappa shape index (κ3) is 4.87. The predicted octanol–water partition coefficient (Wildman–Crippen LogP) is 2.20. The Labute approximate surface area is 160 Å². The van der Waals surface area contributed by atoms with Crippen molar-refractivity contribution in [2.45, 2.75) is 11.4 Å². The van der Waals surface area contributed by atoms with Crippen LogP contribution >= 0.6 is 0 Å². The summed E-state index contributed by atoms with van der Waals surface area (Å²) < 4.78 is 28.4. The standard InChI is InChI=1S/C20H24N2O4S/c1-21(20(23)17-5-9-19(10-6-17)27(2,24)25)15-16-3-7-18(8-4-16)22-11-13-26-14-12-22/h3-10H,11-15H2,1-2H3. The Morgan fingerprint density at radius 2 is 1.63 bits per heavy atom. The SMILES string of the molecule is CN(Cc1ccc(N2CCOCC2)cc1)C(=O)c1ccc(S(C)(=O)=O)cc1. The molecule has 0 saturated carbocycles. The Morgan fingerprint density at radius 3 is 2.19 bits per heavy atom. The van der Waals surface area contributed by atoms with Crippen LogP contribution in [-0.4, -0.2) is 58.8 Å². The normalized spacial score (nSPS) is 14.8. The van der Waals surface area contributed by atoms with Gasteiger partial charge in [0.25, 0.3) is 5.91 Å². The highest BCUT2D eigenvalue weighted by Gasteiger charge is 2.15. The lowest BCUT2D eigenvalue weighted by atomic mass is 10.1. The van der Waals surface area contributed by atoms with Crippen LogP contribution in [0.25, 0.3) is 0 Å². The van der Waals surface area contributed by atoms with E-state index in [1.807, 2.05) is 12.1 Å². The summed E-state index contributed by atoms with van der Waals surface area (Å²) in [5.74, 6) is -0.146. The third-order valence-electron chi connectivity index (χ3n) is 4.61. The van der Waals surface area contributed by atoms with Crippen molar-refractivity contribution in [3.05, 3.63) is 59.7 Å². The second kappa shape index (κ2) is 8.10. The van der Waals surface area contributed by atoms with E-state index < -0.39 is 9.84 Å². The summed E-state index contributed by atoms with van der Waals surface area (Å²) in [6.07, 6.45) is 1.15. The van der Waals surface area contributed by atoms with Gasteiger partial charge in [0.05, 0.1) is 18.1 Å². The highest BCUT2D eigenvalue weighted by Crippen LogP contribution is 2.18. The number of anilines is 1. The zero-order valence-corrected chi connectivity index (χ0v) is 16.4. The van der Waals surface area contributed by atoms with Crippen molar-refractivity contribution in [2.24, 2.45) is 0 Å². The molecular weight excluding hydrogens is 364 g/mol. The van der Waals surface area contributed by atoms with E-state index in [1.165, 1.54) is 12.1 Å². The van der Waals surface area contributed by atoms with Crippen LogP contribution in [0.15, 0.2) is 53.4 Å². The molecule has 0 N–H and O–H groups in total. The van der Waals surface area contributed by atoms with Crippen molar-refractivity contribution in [2.75, 3.05) is 44.5 Å². The van der Waals surface area contributed by atoms with E-state index >= 15 is 0 Å². The first-order valence-corrected chi connectivity index (χ1v) is 10.7. The molecule has 0 spiro atoms. The van der Waals surface area contributed by atoms with Crippen LogP contribution in [0.4, 0.5) is 5.69 Å². The number of benzene rings is 2. The van der Waals surface area contributed by atoms with Gasteiger partial charge in [0.15, 0.2) is 9.84 Å². The molecule has 0 unspecified atom stereocenters. The molecule has 27 heavy (non-hydrogen) atoms. The zero-order valence-electron chi connectivity index (χ0n) is 15.6. The number of amides is 1. The largest absolute Gasteiger partial charge is 0.378 e. The number of sulfone groups is 1. The molecule has 6 nitrogen and oxygen atoms in total. The molecular formula is C20H24N2O4S. The van der Waals surface area contributed by atoms with Crippen LogP contribution in [0.2, 0.25) is 0 Å². The van der Waals surface area contributed by atoms with Gasteiger partial charge < -0.3 is 14.5 Å². The molecule has 0 aromatic heterocycles. The van der Waals surface area contributed by atoms with Crippen molar-refractivity contribution < 1.29 is 17.9 Å². The van der Waals surface area contributed by atoms with Crippen molar-refractivity contribution in [1.82, 2.24) is 4.90 Å². The molecule has 1 amide bonds. The molecule has 1 aliphatic heterocycles. The van der Waals surface area contributed by atoms with Gasteiger partial charge in [0, 0.05) is 44.2 Å². The number of hydrogen-bond acceptors (Lipinski definition) is 5. The van der Waals surface area contributed by atoms with Gasteiger partial charge in [0.2, 0.25) is 0 Å². The molecule has 0 bridgehead atoms. The van der Waals surface area contributed by atoms with Gasteiger partial charge in [-0.25, -0.2) is 8.42 Å². The van der Waals surface area contributed by atoms with Gasteiger partial charge in [-0.05, 0) is 42.0 Å². The van der Waals surface area contributed by atoms with E-state index in [1.54, 1.807) is 24.1 Å². The van der Waals surface area contributed by atoms with Crippen molar-refractivity contribution in [1.29, 1.82) is 0 Å². The summed E-state index contributed by atoms with van der Waals surface area (Å²) in [7, 11) is -1.53. The molecule has 3 rings (SSSR count). The first kappa shape index (κ1) is 19.4. The fraction of sp³-hybridized carbons (Fsp3) is 0.350. The average Bonchev–Trinajstić information content (AvgIpc) is 2.68. The van der Waals surface area contributed by atoms with Crippen LogP contribution in [0.3, 0.4) is 0 Å². The maximum Gasteiger partial charge on any atom is 0.253 e. The second-order valence-corrected chi connectivity index (χ2v) is 8.74. The van der Waals surface area contributed by atoms with Crippen LogP contribution in [0.1, 0.15) is 15.9 Å². The van der Waals surface area contributed by atoms with Gasteiger partial charge in [-0.15, -0.1) is 0 Å². The van der Waals surface area contributed by atoms with E-state index in [4.69, 9.17) is 4.74 Å². The lowest BCUT2D eigenvalue weighted by molar-refractivity contribution is 0.0785. The van der Waals surface area contributed by atoms with Gasteiger partial charge in [0.1, 0.15) is 0 Å². The maximum atomic E-state index is 12.6. The molecule has 1 fully saturated rings. The van der Waals surface area contributed by atoms with Crippen molar-refractivity contribution >= 4 is 21.4 Å². The Bertz CT molecular complexity index is 887. The molecule has 144 valence electrons. The molecule has 1 heterocycles. The summed E-state index contributed by atoms with van der Waals surface area (Å²) in [5.41, 5.74) is 2.66. The van der Waals surface area contributed by atoms with Gasteiger partial charge in [-0.3, -0.25) is 4.79 Å². The lowest BCUT2D eigenvalue weighted by Gasteiger charge is -2.29. The molecule has 7 heteroatoms. The highest BCUT2D eigenvalue weighted by molar-refractivity contribution is 7.90. The first-order chi connectivity index (χ1) is 12.8. The van der Waals surface area contributed by atoms with E-state index in [-0.39, 0.29) is 10.8 Å². The van der Waals surface area contributed by atoms with E-state index in [9.17, 15) is 13.2 Å². The summed E-state index contributed by atoms with van der Waals surface area (Å²) in [5, 5.41) is 0. The van der Waals surface area contributed by atoms with Crippen molar-refractivity contribution in [3.8, 4) is 0 Å². The topological polar surface area (TPSA) is 66.9 Å². The van der Waals surface area contributed by atoms with E-state index in [0.717, 1.165) is 43.8 Å². The highest BCUT2D eigenvalue weighted by atomic mass is 32.2. The fourth-order valence-corrected chi connectivity index (χ4v) is 3.67. The van der Waals surface area contributed by atoms with E-state index in [2.05, 4.69) is 17.0 Å². The maximum absolute atomic E-state index is 12.6.